The Labute approximate surface area is 111 Å². The number of hydrogen-bond acceptors (Lipinski definition) is 5. The van der Waals surface area contributed by atoms with Crippen LogP contribution in [0.25, 0.3) is 0 Å². The van der Waals surface area contributed by atoms with Gasteiger partial charge in [0.05, 0.1) is 12.8 Å². The van der Waals surface area contributed by atoms with Crippen LogP contribution in [-0.2, 0) is 23.1 Å². The molecule has 0 bridgehead atoms. The number of rotatable bonds is 5. The van der Waals surface area contributed by atoms with Crippen LogP contribution in [0, 0.1) is 13.8 Å². The normalized spacial score (nSPS) is 11.9. The summed E-state index contributed by atoms with van der Waals surface area (Å²) >= 11 is 0. The third-order valence-electron chi connectivity index (χ3n) is 2.81. The highest BCUT2D eigenvalue weighted by molar-refractivity contribution is 7.89. The molecule has 6 nitrogen and oxygen atoms in total. The van der Waals surface area contributed by atoms with E-state index in [0.29, 0.717) is 22.8 Å². The molecule has 19 heavy (non-hydrogen) atoms. The van der Waals surface area contributed by atoms with Crippen molar-refractivity contribution in [2.45, 2.75) is 31.8 Å². The maximum absolute atomic E-state index is 12.3. The molecule has 0 amide bonds. The molecule has 7 heteroatoms. The molecular weight excluding hydrogens is 268 g/mol. The van der Waals surface area contributed by atoms with Crippen LogP contribution >= 0.6 is 0 Å². The van der Waals surface area contributed by atoms with Gasteiger partial charge in [0.2, 0.25) is 10.0 Å². The zero-order valence-electron chi connectivity index (χ0n) is 10.8. The van der Waals surface area contributed by atoms with Gasteiger partial charge in [-0.15, -0.1) is 0 Å². The average molecular weight is 284 g/mol. The molecule has 0 aromatic carbocycles. The van der Waals surface area contributed by atoms with Gasteiger partial charge in [0.1, 0.15) is 22.2 Å². The zero-order chi connectivity index (χ0) is 14.0. The highest BCUT2D eigenvalue weighted by atomic mass is 32.2. The molecule has 0 saturated carbocycles. The standard InChI is InChI=1S/C12H16N2O4S/c1-8-11(6-13)12(9(2)18-8)19(15,16)14-7-10-4-3-5-17-10/h3-5,14H,6-7,13H2,1-2H3. The Morgan fingerprint density at radius 2 is 2.05 bits per heavy atom. The van der Waals surface area contributed by atoms with Crippen LogP contribution in [0.2, 0.25) is 0 Å². The van der Waals surface area contributed by atoms with E-state index in [9.17, 15) is 8.42 Å². The fourth-order valence-electron chi connectivity index (χ4n) is 1.95. The fourth-order valence-corrected chi connectivity index (χ4v) is 3.40. The van der Waals surface area contributed by atoms with Gasteiger partial charge in [0, 0.05) is 12.1 Å². The Hall–Kier alpha value is -1.57. The van der Waals surface area contributed by atoms with Gasteiger partial charge in [-0.2, -0.15) is 0 Å². The van der Waals surface area contributed by atoms with E-state index in [1.807, 2.05) is 0 Å². The Morgan fingerprint density at radius 1 is 1.32 bits per heavy atom. The van der Waals surface area contributed by atoms with Crippen LogP contribution in [0.15, 0.2) is 32.1 Å². The number of aryl methyl sites for hydroxylation is 2. The molecule has 2 heterocycles. The van der Waals surface area contributed by atoms with E-state index in [0.717, 1.165) is 0 Å². The minimum Gasteiger partial charge on any atom is -0.468 e. The first-order valence-electron chi connectivity index (χ1n) is 5.76. The topological polar surface area (TPSA) is 98.5 Å². The van der Waals surface area contributed by atoms with Gasteiger partial charge in [-0.05, 0) is 26.0 Å². The van der Waals surface area contributed by atoms with Crippen molar-refractivity contribution in [2.75, 3.05) is 0 Å². The highest BCUT2D eigenvalue weighted by Gasteiger charge is 2.26. The van der Waals surface area contributed by atoms with Gasteiger partial charge in [-0.1, -0.05) is 0 Å². The van der Waals surface area contributed by atoms with Crippen molar-refractivity contribution in [3.05, 3.63) is 41.2 Å². The van der Waals surface area contributed by atoms with E-state index in [1.54, 1.807) is 26.0 Å². The lowest BCUT2D eigenvalue weighted by molar-refractivity contribution is 0.489. The number of sulfonamides is 1. The lowest BCUT2D eigenvalue weighted by Gasteiger charge is -2.06. The van der Waals surface area contributed by atoms with E-state index in [4.69, 9.17) is 14.6 Å². The van der Waals surface area contributed by atoms with E-state index in [-0.39, 0.29) is 18.0 Å². The SMILES string of the molecule is Cc1oc(C)c(S(=O)(=O)NCc2ccco2)c1CN. The Kier molecular flexibility index (Phi) is 3.79. The predicted octanol–water partition coefficient (Wildman–Crippen LogP) is 1.43. The Bertz CT molecular complexity index is 656. The van der Waals surface area contributed by atoms with Crippen molar-refractivity contribution < 1.29 is 17.3 Å². The largest absolute Gasteiger partial charge is 0.468 e. The quantitative estimate of drug-likeness (QED) is 0.865. The van der Waals surface area contributed by atoms with E-state index < -0.39 is 10.0 Å². The maximum atomic E-state index is 12.3. The predicted molar refractivity (Wildman–Crippen MR) is 68.8 cm³/mol. The summed E-state index contributed by atoms with van der Waals surface area (Å²) in [4.78, 5) is 0.124. The number of furan rings is 2. The minimum atomic E-state index is -3.67. The molecule has 0 aliphatic rings. The lowest BCUT2D eigenvalue weighted by Crippen LogP contribution is -2.24. The first kappa shape index (κ1) is 13.9. The van der Waals surface area contributed by atoms with E-state index >= 15 is 0 Å². The van der Waals surface area contributed by atoms with Crippen molar-refractivity contribution in [1.82, 2.24) is 4.72 Å². The first-order chi connectivity index (χ1) is 8.95. The lowest BCUT2D eigenvalue weighted by atomic mass is 10.2. The van der Waals surface area contributed by atoms with Gasteiger partial charge < -0.3 is 14.6 Å². The summed E-state index contributed by atoms with van der Waals surface area (Å²) in [5.41, 5.74) is 6.09. The van der Waals surface area contributed by atoms with Crippen molar-refractivity contribution >= 4 is 10.0 Å². The van der Waals surface area contributed by atoms with Gasteiger partial charge in [-0.3, -0.25) is 0 Å². The Balaban J connectivity index is 2.29. The molecule has 0 fully saturated rings. The van der Waals surface area contributed by atoms with E-state index in [1.165, 1.54) is 6.26 Å². The molecule has 0 spiro atoms. The summed E-state index contributed by atoms with van der Waals surface area (Å²) in [5, 5.41) is 0. The fraction of sp³-hybridized carbons (Fsp3) is 0.333. The molecule has 0 aliphatic carbocycles. The molecule has 0 aliphatic heterocycles. The molecule has 0 radical (unpaired) electrons. The van der Waals surface area contributed by atoms with Gasteiger partial charge >= 0.3 is 0 Å². The van der Waals surface area contributed by atoms with Gasteiger partial charge in [0.25, 0.3) is 0 Å². The molecule has 2 aromatic heterocycles. The second kappa shape index (κ2) is 5.20. The number of nitrogens with one attached hydrogen (secondary N) is 1. The second-order valence-corrected chi connectivity index (χ2v) is 5.83. The molecule has 0 atom stereocenters. The zero-order valence-corrected chi connectivity index (χ0v) is 11.6. The molecule has 0 saturated heterocycles. The number of hydrogen-bond donors (Lipinski definition) is 2. The summed E-state index contributed by atoms with van der Waals surface area (Å²) < 4.78 is 37.4. The molecule has 3 N–H and O–H groups in total. The molecule has 2 aromatic rings. The summed E-state index contributed by atoms with van der Waals surface area (Å²) in [7, 11) is -3.67. The number of nitrogens with two attached hydrogens (primary N) is 1. The molecular formula is C12H16N2O4S. The molecule has 0 unspecified atom stereocenters. The van der Waals surface area contributed by atoms with Crippen LogP contribution in [0.1, 0.15) is 22.8 Å². The third-order valence-corrected chi connectivity index (χ3v) is 4.41. The van der Waals surface area contributed by atoms with Crippen LogP contribution in [0.3, 0.4) is 0 Å². The average Bonchev–Trinajstić information content (AvgIpc) is 2.94. The van der Waals surface area contributed by atoms with Crippen molar-refractivity contribution in [3.8, 4) is 0 Å². The van der Waals surface area contributed by atoms with Crippen molar-refractivity contribution in [2.24, 2.45) is 5.73 Å². The summed E-state index contributed by atoms with van der Waals surface area (Å²) in [5.74, 6) is 1.40. The maximum Gasteiger partial charge on any atom is 0.244 e. The highest BCUT2D eigenvalue weighted by Crippen LogP contribution is 2.26. The molecule has 2 rings (SSSR count). The van der Waals surface area contributed by atoms with Gasteiger partial charge in [0.15, 0.2) is 0 Å². The monoisotopic (exact) mass is 284 g/mol. The summed E-state index contributed by atoms with van der Waals surface area (Å²) in [6.07, 6.45) is 1.49. The van der Waals surface area contributed by atoms with Crippen molar-refractivity contribution in [1.29, 1.82) is 0 Å². The van der Waals surface area contributed by atoms with Crippen LogP contribution in [0.5, 0.6) is 0 Å². The molecule has 104 valence electrons. The smallest absolute Gasteiger partial charge is 0.244 e. The van der Waals surface area contributed by atoms with Gasteiger partial charge in [-0.25, -0.2) is 13.1 Å². The van der Waals surface area contributed by atoms with Crippen molar-refractivity contribution in [3.63, 3.8) is 0 Å². The summed E-state index contributed by atoms with van der Waals surface area (Å²) in [6, 6.07) is 3.39. The first-order valence-corrected chi connectivity index (χ1v) is 7.25. The summed E-state index contributed by atoms with van der Waals surface area (Å²) in [6.45, 7) is 3.50. The van der Waals surface area contributed by atoms with Crippen LogP contribution < -0.4 is 10.5 Å². The van der Waals surface area contributed by atoms with Crippen LogP contribution in [0.4, 0.5) is 0 Å². The Morgan fingerprint density at radius 3 is 2.63 bits per heavy atom. The third kappa shape index (κ3) is 2.73. The second-order valence-electron chi connectivity index (χ2n) is 4.13. The minimum absolute atomic E-state index is 0.0863. The van der Waals surface area contributed by atoms with E-state index in [2.05, 4.69) is 4.72 Å². The van der Waals surface area contributed by atoms with Crippen LogP contribution in [-0.4, -0.2) is 8.42 Å².